The molecule has 5 heteroatoms. The lowest BCUT2D eigenvalue weighted by atomic mass is 10.6. The molecule has 0 aromatic rings. The maximum Gasteiger partial charge on any atom is 0.328 e. The van der Waals surface area contributed by atoms with Crippen molar-refractivity contribution in [3.63, 3.8) is 0 Å². The van der Waals surface area contributed by atoms with Crippen molar-refractivity contribution in [1.29, 1.82) is 0 Å². The Labute approximate surface area is 71.2 Å². The van der Waals surface area contributed by atoms with Crippen LogP contribution in [0.5, 0.6) is 0 Å². The molecular formula is C7H13NO4. The number of hydroxylamine groups is 2. The third-order valence-corrected chi connectivity index (χ3v) is 1.15. The van der Waals surface area contributed by atoms with Crippen LogP contribution in [0.1, 0.15) is 13.8 Å². The zero-order valence-corrected chi connectivity index (χ0v) is 7.49. The maximum absolute atomic E-state index is 10.8. The Morgan fingerprint density at radius 2 is 2.00 bits per heavy atom. The van der Waals surface area contributed by atoms with Gasteiger partial charge in [-0.15, -0.1) is 0 Å². The van der Waals surface area contributed by atoms with Crippen molar-refractivity contribution in [3.8, 4) is 0 Å². The van der Waals surface area contributed by atoms with Crippen LogP contribution in [0.4, 0.5) is 0 Å². The summed E-state index contributed by atoms with van der Waals surface area (Å²) in [5.74, 6) is -0.805. The van der Waals surface area contributed by atoms with Crippen LogP contribution < -0.4 is 0 Å². The lowest BCUT2D eigenvalue weighted by Gasteiger charge is -2.15. The fourth-order valence-electron chi connectivity index (χ4n) is 0.628. The number of carbonyl (C=O) groups is 2. The Balaban J connectivity index is 3.85. The first-order valence-corrected chi connectivity index (χ1v) is 3.59. The molecule has 0 fully saturated rings. The maximum atomic E-state index is 10.8. The molecule has 0 bridgehead atoms. The average Bonchev–Trinajstić information content (AvgIpc) is 2.00. The Kier molecular flexibility index (Phi) is 5.03. The summed E-state index contributed by atoms with van der Waals surface area (Å²) in [5, 5.41) is 0.929. The van der Waals surface area contributed by atoms with Crippen LogP contribution in [-0.2, 0) is 19.2 Å². The lowest BCUT2D eigenvalue weighted by Crippen LogP contribution is -2.33. The van der Waals surface area contributed by atoms with Gasteiger partial charge in [0.25, 0.3) is 0 Å². The summed E-state index contributed by atoms with van der Waals surface area (Å²) >= 11 is 0. The van der Waals surface area contributed by atoms with E-state index in [1.54, 1.807) is 6.92 Å². The molecule has 0 aromatic heterocycles. The van der Waals surface area contributed by atoms with Crippen LogP contribution in [-0.4, -0.2) is 37.2 Å². The monoisotopic (exact) mass is 175 g/mol. The van der Waals surface area contributed by atoms with Crippen LogP contribution in [0, 0.1) is 0 Å². The first-order chi connectivity index (χ1) is 5.61. The normalized spacial score (nSPS) is 9.25. The Bertz CT molecular complexity index is 169. The standard InChI is InChI=1S/C7H13NO4/c1-4-12-7(10)5-8(11-3)6(2)9/h4-5H2,1-3H3. The minimum Gasteiger partial charge on any atom is -0.465 e. The summed E-state index contributed by atoms with van der Waals surface area (Å²) in [6.45, 7) is 3.14. The zero-order chi connectivity index (χ0) is 9.56. The fourth-order valence-corrected chi connectivity index (χ4v) is 0.628. The lowest BCUT2D eigenvalue weighted by molar-refractivity contribution is -0.182. The van der Waals surface area contributed by atoms with Crippen LogP contribution >= 0.6 is 0 Å². The highest BCUT2D eigenvalue weighted by molar-refractivity contribution is 5.79. The third kappa shape index (κ3) is 3.92. The van der Waals surface area contributed by atoms with Gasteiger partial charge in [0.15, 0.2) is 0 Å². The summed E-state index contributed by atoms with van der Waals surface area (Å²) in [4.78, 5) is 26.1. The van der Waals surface area contributed by atoms with Gasteiger partial charge in [0.05, 0.1) is 13.7 Å². The highest BCUT2D eigenvalue weighted by Crippen LogP contribution is 1.90. The summed E-state index contributed by atoms with van der Waals surface area (Å²) in [6.07, 6.45) is 0. The molecule has 0 saturated carbocycles. The van der Waals surface area contributed by atoms with E-state index in [0.717, 1.165) is 5.06 Å². The molecule has 0 aliphatic carbocycles. The molecule has 0 aromatic carbocycles. The van der Waals surface area contributed by atoms with Crippen molar-refractivity contribution < 1.29 is 19.2 Å². The van der Waals surface area contributed by atoms with E-state index in [4.69, 9.17) is 0 Å². The van der Waals surface area contributed by atoms with Gasteiger partial charge in [-0.25, -0.2) is 5.06 Å². The van der Waals surface area contributed by atoms with Crippen molar-refractivity contribution >= 4 is 11.9 Å². The SMILES string of the molecule is CCOC(=O)CN(OC)C(C)=O. The number of ether oxygens (including phenoxy) is 1. The predicted octanol–water partition coefficient (Wildman–Crippen LogP) is -0.0406. The number of esters is 1. The quantitative estimate of drug-likeness (QED) is 0.444. The number of hydrogen-bond acceptors (Lipinski definition) is 4. The molecule has 0 saturated heterocycles. The molecular weight excluding hydrogens is 162 g/mol. The highest BCUT2D eigenvalue weighted by Gasteiger charge is 2.13. The number of amides is 1. The van der Waals surface area contributed by atoms with Crippen molar-refractivity contribution in [2.24, 2.45) is 0 Å². The average molecular weight is 175 g/mol. The topological polar surface area (TPSA) is 55.8 Å². The fraction of sp³-hybridized carbons (Fsp3) is 0.714. The molecule has 12 heavy (non-hydrogen) atoms. The second-order valence-electron chi connectivity index (χ2n) is 2.04. The van der Waals surface area contributed by atoms with E-state index in [9.17, 15) is 9.59 Å². The number of nitrogens with zero attached hydrogens (tertiary/aromatic N) is 1. The summed E-state index contributed by atoms with van der Waals surface area (Å²) in [6, 6.07) is 0. The Morgan fingerprint density at radius 1 is 1.42 bits per heavy atom. The molecule has 1 amide bonds. The smallest absolute Gasteiger partial charge is 0.328 e. The zero-order valence-electron chi connectivity index (χ0n) is 7.49. The van der Waals surface area contributed by atoms with Gasteiger partial charge in [0, 0.05) is 6.92 Å². The molecule has 0 aliphatic heterocycles. The molecule has 0 spiro atoms. The van der Waals surface area contributed by atoms with E-state index in [0.29, 0.717) is 6.61 Å². The van der Waals surface area contributed by atoms with Crippen LogP contribution in [0.15, 0.2) is 0 Å². The first kappa shape index (κ1) is 10.9. The van der Waals surface area contributed by atoms with Gasteiger partial charge >= 0.3 is 5.97 Å². The number of carbonyl (C=O) groups excluding carboxylic acids is 2. The molecule has 0 radical (unpaired) electrons. The minimum absolute atomic E-state index is 0.167. The summed E-state index contributed by atoms with van der Waals surface area (Å²) < 4.78 is 4.61. The van der Waals surface area contributed by atoms with Gasteiger partial charge in [-0.3, -0.25) is 14.4 Å². The van der Waals surface area contributed by atoms with Gasteiger partial charge in [0.1, 0.15) is 6.54 Å². The molecule has 0 atom stereocenters. The van der Waals surface area contributed by atoms with Gasteiger partial charge in [0.2, 0.25) is 5.91 Å². The largest absolute Gasteiger partial charge is 0.465 e. The van der Waals surface area contributed by atoms with Crippen molar-refractivity contribution in [2.75, 3.05) is 20.3 Å². The van der Waals surface area contributed by atoms with Crippen LogP contribution in [0.25, 0.3) is 0 Å². The van der Waals surface area contributed by atoms with Crippen LogP contribution in [0.3, 0.4) is 0 Å². The van der Waals surface area contributed by atoms with E-state index >= 15 is 0 Å². The second-order valence-corrected chi connectivity index (χ2v) is 2.04. The third-order valence-electron chi connectivity index (χ3n) is 1.15. The van der Waals surface area contributed by atoms with Crippen molar-refractivity contribution in [1.82, 2.24) is 5.06 Å². The van der Waals surface area contributed by atoms with E-state index < -0.39 is 5.97 Å². The molecule has 5 nitrogen and oxygen atoms in total. The van der Waals surface area contributed by atoms with Gasteiger partial charge in [-0.2, -0.15) is 0 Å². The van der Waals surface area contributed by atoms with E-state index in [-0.39, 0.29) is 12.5 Å². The Morgan fingerprint density at radius 3 is 2.33 bits per heavy atom. The first-order valence-electron chi connectivity index (χ1n) is 3.59. The predicted molar refractivity (Wildman–Crippen MR) is 41.0 cm³/mol. The second kappa shape index (κ2) is 5.54. The molecule has 0 unspecified atom stereocenters. The van der Waals surface area contributed by atoms with Gasteiger partial charge in [-0.05, 0) is 6.92 Å². The number of rotatable bonds is 4. The van der Waals surface area contributed by atoms with Crippen molar-refractivity contribution in [3.05, 3.63) is 0 Å². The van der Waals surface area contributed by atoms with Crippen molar-refractivity contribution in [2.45, 2.75) is 13.8 Å². The van der Waals surface area contributed by atoms with Crippen LogP contribution in [0.2, 0.25) is 0 Å². The number of hydrogen-bond donors (Lipinski definition) is 0. The van der Waals surface area contributed by atoms with E-state index in [2.05, 4.69) is 9.57 Å². The molecule has 0 aliphatic rings. The van der Waals surface area contributed by atoms with Gasteiger partial charge in [-0.1, -0.05) is 0 Å². The minimum atomic E-state index is -0.477. The summed E-state index contributed by atoms with van der Waals surface area (Å²) in [7, 11) is 1.32. The van der Waals surface area contributed by atoms with Gasteiger partial charge < -0.3 is 4.74 Å². The molecule has 0 N–H and O–H groups in total. The highest BCUT2D eigenvalue weighted by atomic mass is 16.7. The molecule has 70 valence electrons. The molecule has 0 rings (SSSR count). The summed E-state index contributed by atoms with van der Waals surface area (Å²) in [5.41, 5.74) is 0. The van der Waals surface area contributed by atoms with E-state index in [1.165, 1.54) is 14.0 Å². The molecule has 0 heterocycles. The Hall–Kier alpha value is -1.10. The van der Waals surface area contributed by atoms with E-state index in [1.807, 2.05) is 0 Å².